The van der Waals surface area contributed by atoms with E-state index in [2.05, 4.69) is 15.4 Å². The Balaban J connectivity index is 1.76. The van der Waals surface area contributed by atoms with Crippen molar-refractivity contribution in [2.75, 3.05) is 6.54 Å². The second-order valence-electron chi connectivity index (χ2n) is 6.40. The standard InChI is InChI=1S/C16H19N5O3/c1-16(2,3)24-15(23)17-7-9-20-8-5-12-11(14(20)22)10-18-13-4-6-19-21(12)13/h4-6,8,10H,7,9H2,1-3H3,(H,17,23). The molecule has 3 rings (SSSR count). The average molecular weight is 329 g/mol. The normalized spacial score (nSPS) is 11.8. The lowest BCUT2D eigenvalue weighted by atomic mass is 10.2. The van der Waals surface area contributed by atoms with Crippen molar-refractivity contribution in [3.8, 4) is 0 Å². The van der Waals surface area contributed by atoms with Gasteiger partial charge in [0.25, 0.3) is 5.56 Å². The van der Waals surface area contributed by atoms with Gasteiger partial charge >= 0.3 is 6.09 Å². The molecule has 126 valence electrons. The van der Waals surface area contributed by atoms with Crippen LogP contribution in [0.3, 0.4) is 0 Å². The molecule has 8 nitrogen and oxygen atoms in total. The van der Waals surface area contributed by atoms with Gasteiger partial charge in [-0.25, -0.2) is 14.3 Å². The maximum Gasteiger partial charge on any atom is 0.407 e. The zero-order valence-corrected chi connectivity index (χ0v) is 13.8. The Morgan fingerprint density at radius 1 is 1.33 bits per heavy atom. The molecule has 0 fully saturated rings. The van der Waals surface area contributed by atoms with Crippen LogP contribution in [0.5, 0.6) is 0 Å². The first-order chi connectivity index (χ1) is 11.3. The summed E-state index contributed by atoms with van der Waals surface area (Å²) in [4.78, 5) is 28.4. The van der Waals surface area contributed by atoms with E-state index in [1.54, 1.807) is 49.9 Å². The third kappa shape index (κ3) is 3.22. The lowest BCUT2D eigenvalue weighted by Crippen LogP contribution is -2.35. The van der Waals surface area contributed by atoms with Crippen LogP contribution in [0.25, 0.3) is 16.6 Å². The lowest BCUT2D eigenvalue weighted by molar-refractivity contribution is 0.0526. The number of hydrogen-bond donors (Lipinski definition) is 1. The SMILES string of the molecule is CC(C)(C)OC(=O)NCCn1ccc2c(cnc3ccnn32)c1=O. The van der Waals surface area contributed by atoms with Gasteiger partial charge in [0.1, 0.15) is 5.60 Å². The zero-order chi connectivity index (χ0) is 17.3. The number of amides is 1. The van der Waals surface area contributed by atoms with E-state index in [-0.39, 0.29) is 12.1 Å². The monoisotopic (exact) mass is 329 g/mol. The first-order valence-electron chi connectivity index (χ1n) is 7.64. The van der Waals surface area contributed by atoms with Crippen LogP contribution in [-0.4, -0.2) is 37.4 Å². The van der Waals surface area contributed by atoms with Gasteiger partial charge in [0.05, 0.1) is 17.1 Å². The van der Waals surface area contributed by atoms with Crippen molar-refractivity contribution in [3.05, 3.63) is 41.1 Å². The summed E-state index contributed by atoms with van der Waals surface area (Å²) < 4.78 is 8.31. The molecule has 0 aliphatic carbocycles. The molecule has 0 aromatic carbocycles. The second kappa shape index (κ2) is 5.95. The number of aromatic nitrogens is 4. The highest BCUT2D eigenvalue weighted by Crippen LogP contribution is 2.10. The van der Waals surface area contributed by atoms with Crippen LogP contribution in [0, 0.1) is 0 Å². The van der Waals surface area contributed by atoms with Gasteiger partial charge in [-0.1, -0.05) is 0 Å². The van der Waals surface area contributed by atoms with Crippen molar-refractivity contribution in [1.82, 2.24) is 24.5 Å². The summed E-state index contributed by atoms with van der Waals surface area (Å²) >= 11 is 0. The molecular weight excluding hydrogens is 310 g/mol. The molecule has 1 amide bonds. The Labute approximate surface area is 138 Å². The van der Waals surface area contributed by atoms with Crippen LogP contribution in [0.15, 0.2) is 35.5 Å². The van der Waals surface area contributed by atoms with Gasteiger partial charge < -0.3 is 14.6 Å². The molecule has 0 atom stereocenters. The van der Waals surface area contributed by atoms with E-state index in [1.807, 2.05) is 6.07 Å². The Kier molecular flexibility index (Phi) is 3.96. The fourth-order valence-corrected chi connectivity index (χ4v) is 2.37. The van der Waals surface area contributed by atoms with Gasteiger partial charge in [0.2, 0.25) is 0 Å². The van der Waals surface area contributed by atoms with Gasteiger partial charge in [0, 0.05) is 31.5 Å². The summed E-state index contributed by atoms with van der Waals surface area (Å²) in [5, 5.41) is 7.28. The molecule has 1 N–H and O–H groups in total. The number of alkyl carbamates (subject to hydrolysis) is 1. The van der Waals surface area contributed by atoms with E-state index in [0.717, 1.165) is 0 Å². The first kappa shape index (κ1) is 16.0. The van der Waals surface area contributed by atoms with Crippen LogP contribution in [0.1, 0.15) is 20.8 Å². The Hall–Kier alpha value is -2.90. The van der Waals surface area contributed by atoms with Crippen molar-refractivity contribution in [1.29, 1.82) is 0 Å². The molecule has 3 aromatic rings. The van der Waals surface area contributed by atoms with Crippen molar-refractivity contribution < 1.29 is 9.53 Å². The smallest absolute Gasteiger partial charge is 0.407 e. The van der Waals surface area contributed by atoms with Crippen molar-refractivity contribution in [3.63, 3.8) is 0 Å². The van der Waals surface area contributed by atoms with E-state index in [1.165, 1.54) is 4.57 Å². The lowest BCUT2D eigenvalue weighted by Gasteiger charge is -2.19. The van der Waals surface area contributed by atoms with Crippen LogP contribution in [0.2, 0.25) is 0 Å². The maximum absolute atomic E-state index is 12.5. The number of carbonyl (C=O) groups is 1. The molecule has 24 heavy (non-hydrogen) atoms. The van der Waals surface area contributed by atoms with Gasteiger partial charge in [0.15, 0.2) is 5.65 Å². The summed E-state index contributed by atoms with van der Waals surface area (Å²) in [7, 11) is 0. The minimum atomic E-state index is -0.551. The third-order valence-corrected chi connectivity index (χ3v) is 3.38. The number of nitrogens with zero attached hydrogens (tertiary/aromatic N) is 4. The number of carbonyl (C=O) groups excluding carboxylic acids is 1. The number of ether oxygens (including phenoxy) is 1. The Morgan fingerprint density at radius 2 is 2.12 bits per heavy atom. The van der Waals surface area contributed by atoms with E-state index in [0.29, 0.717) is 23.1 Å². The average Bonchev–Trinajstić information content (AvgIpc) is 2.96. The summed E-state index contributed by atoms with van der Waals surface area (Å²) in [5.74, 6) is 0. The second-order valence-corrected chi connectivity index (χ2v) is 6.40. The van der Waals surface area contributed by atoms with E-state index in [9.17, 15) is 9.59 Å². The summed E-state index contributed by atoms with van der Waals surface area (Å²) in [6, 6.07) is 3.58. The van der Waals surface area contributed by atoms with Gasteiger partial charge in [-0.15, -0.1) is 0 Å². The minimum Gasteiger partial charge on any atom is -0.444 e. The number of pyridine rings is 1. The van der Waals surface area contributed by atoms with E-state index in [4.69, 9.17) is 4.74 Å². The van der Waals surface area contributed by atoms with Gasteiger partial charge in [-0.05, 0) is 26.8 Å². The first-order valence-corrected chi connectivity index (χ1v) is 7.64. The molecule has 0 aliphatic heterocycles. The van der Waals surface area contributed by atoms with E-state index < -0.39 is 11.7 Å². The Morgan fingerprint density at radius 3 is 2.88 bits per heavy atom. The number of rotatable bonds is 3. The minimum absolute atomic E-state index is 0.177. The predicted molar refractivity (Wildman–Crippen MR) is 89.0 cm³/mol. The molecule has 0 saturated heterocycles. The Bertz CT molecular complexity index is 952. The van der Waals surface area contributed by atoms with Crippen LogP contribution < -0.4 is 10.9 Å². The molecule has 0 aliphatic rings. The van der Waals surface area contributed by atoms with Crippen molar-refractivity contribution in [2.45, 2.75) is 32.9 Å². The molecule has 8 heteroatoms. The summed E-state index contributed by atoms with van der Waals surface area (Å²) in [5.41, 5.74) is 0.658. The number of fused-ring (bicyclic) bond motifs is 3. The number of hydrogen-bond acceptors (Lipinski definition) is 5. The topological polar surface area (TPSA) is 90.5 Å². The fourth-order valence-electron chi connectivity index (χ4n) is 2.37. The van der Waals surface area contributed by atoms with Crippen molar-refractivity contribution in [2.24, 2.45) is 0 Å². The van der Waals surface area contributed by atoms with Crippen molar-refractivity contribution >= 4 is 22.6 Å². The third-order valence-electron chi connectivity index (χ3n) is 3.38. The quantitative estimate of drug-likeness (QED) is 0.787. The molecule has 0 bridgehead atoms. The summed E-state index contributed by atoms with van der Waals surface area (Å²) in [6.07, 6.45) is 4.36. The highest BCUT2D eigenvalue weighted by atomic mass is 16.6. The summed E-state index contributed by atoms with van der Waals surface area (Å²) in [6.45, 7) is 6.01. The van der Waals surface area contributed by atoms with E-state index >= 15 is 0 Å². The molecular formula is C16H19N5O3. The van der Waals surface area contributed by atoms with Crippen LogP contribution in [0.4, 0.5) is 4.79 Å². The molecule has 0 spiro atoms. The van der Waals surface area contributed by atoms with Crippen LogP contribution >= 0.6 is 0 Å². The molecule has 0 saturated carbocycles. The fraction of sp³-hybridized carbons (Fsp3) is 0.375. The van der Waals surface area contributed by atoms with Crippen LogP contribution in [-0.2, 0) is 11.3 Å². The van der Waals surface area contributed by atoms with Gasteiger partial charge in [-0.3, -0.25) is 4.79 Å². The highest BCUT2D eigenvalue weighted by Gasteiger charge is 2.15. The molecule has 0 radical (unpaired) electrons. The largest absolute Gasteiger partial charge is 0.444 e. The highest BCUT2D eigenvalue weighted by molar-refractivity contribution is 5.79. The number of nitrogens with one attached hydrogen (secondary N) is 1. The molecule has 3 heterocycles. The van der Waals surface area contributed by atoms with Gasteiger partial charge in [-0.2, -0.15) is 5.10 Å². The molecule has 3 aromatic heterocycles. The zero-order valence-electron chi connectivity index (χ0n) is 13.8. The molecule has 0 unspecified atom stereocenters. The predicted octanol–water partition coefficient (Wildman–Crippen LogP) is 1.57. The maximum atomic E-state index is 12.5.